The van der Waals surface area contributed by atoms with Gasteiger partial charge in [-0.2, -0.15) is 0 Å². The molecule has 1 aromatic rings. The highest BCUT2D eigenvalue weighted by Gasteiger charge is 2.05. The first-order chi connectivity index (χ1) is 7.24. The summed E-state index contributed by atoms with van der Waals surface area (Å²) in [6.45, 7) is 2.43. The zero-order valence-electron chi connectivity index (χ0n) is 8.83. The minimum Gasteiger partial charge on any atom is -0.462 e. The molecule has 0 fully saturated rings. The van der Waals surface area contributed by atoms with Crippen LogP contribution < -0.4 is 0 Å². The van der Waals surface area contributed by atoms with Crippen LogP contribution in [0.15, 0.2) is 24.3 Å². The van der Waals surface area contributed by atoms with Crippen LogP contribution in [0.5, 0.6) is 0 Å². The quantitative estimate of drug-likeness (QED) is 0.438. The first-order valence-electron chi connectivity index (χ1n) is 5.04. The third-order valence-corrected chi connectivity index (χ3v) is 2.32. The monoisotopic (exact) mass is 226 g/mol. The molecule has 0 radical (unpaired) electrons. The largest absolute Gasteiger partial charge is 0.462 e. The summed E-state index contributed by atoms with van der Waals surface area (Å²) in [6, 6.07) is 7.35. The molecule has 0 aliphatic carbocycles. The van der Waals surface area contributed by atoms with Crippen molar-refractivity contribution in [3.63, 3.8) is 0 Å². The Labute approximate surface area is 95.2 Å². The second-order valence-corrected chi connectivity index (χ2v) is 3.78. The molecule has 0 atom stereocenters. The second-order valence-electron chi connectivity index (χ2n) is 3.40. The van der Waals surface area contributed by atoms with E-state index in [-0.39, 0.29) is 5.97 Å². The molecule has 0 unspecified atom stereocenters. The highest BCUT2D eigenvalue weighted by Crippen LogP contribution is 2.05. The lowest BCUT2D eigenvalue weighted by molar-refractivity contribution is 0.0500. The van der Waals surface area contributed by atoms with Crippen LogP contribution in [0.3, 0.4) is 0 Å². The van der Waals surface area contributed by atoms with Crippen molar-refractivity contribution in [2.75, 3.05) is 12.5 Å². The molecule has 1 aromatic carbocycles. The molecule has 0 aliphatic rings. The number of aryl methyl sites for hydroxylation is 1. The van der Waals surface area contributed by atoms with Crippen molar-refractivity contribution in [2.45, 2.75) is 19.8 Å². The normalized spacial score (nSPS) is 10.0. The van der Waals surface area contributed by atoms with Gasteiger partial charge in [0.1, 0.15) is 0 Å². The topological polar surface area (TPSA) is 26.3 Å². The number of unbranched alkanes of at least 4 members (excludes halogenated alkanes) is 1. The average molecular weight is 227 g/mol. The van der Waals surface area contributed by atoms with Crippen molar-refractivity contribution >= 4 is 17.6 Å². The lowest BCUT2D eigenvalue weighted by Crippen LogP contribution is -2.06. The van der Waals surface area contributed by atoms with Crippen molar-refractivity contribution in [2.24, 2.45) is 0 Å². The Bertz CT molecular complexity index is 306. The van der Waals surface area contributed by atoms with Gasteiger partial charge in [0.2, 0.25) is 0 Å². The fourth-order valence-corrected chi connectivity index (χ4v) is 1.32. The van der Waals surface area contributed by atoms with E-state index in [1.165, 1.54) is 0 Å². The van der Waals surface area contributed by atoms with Crippen molar-refractivity contribution < 1.29 is 9.53 Å². The van der Waals surface area contributed by atoms with E-state index in [1.54, 1.807) is 12.1 Å². The van der Waals surface area contributed by atoms with E-state index in [1.807, 2.05) is 19.1 Å². The van der Waals surface area contributed by atoms with Crippen molar-refractivity contribution in [3.8, 4) is 0 Å². The summed E-state index contributed by atoms with van der Waals surface area (Å²) < 4.78 is 5.07. The van der Waals surface area contributed by atoms with Gasteiger partial charge >= 0.3 is 5.97 Å². The molecule has 0 saturated carbocycles. The Kier molecular flexibility index (Phi) is 5.19. The lowest BCUT2D eigenvalue weighted by Gasteiger charge is -2.04. The summed E-state index contributed by atoms with van der Waals surface area (Å²) >= 11 is 5.51. The van der Waals surface area contributed by atoms with E-state index in [9.17, 15) is 4.79 Å². The van der Waals surface area contributed by atoms with Crippen LogP contribution in [0.1, 0.15) is 28.8 Å². The van der Waals surface area contributed by atoms with E-state index < -0.39 is 0 Å². The molecule has 0 N–H and O–H groups in total. The molecular formula is C12H15ClO2. The molecule has 15 heavy (non-hydrogen) atoms. The maximum absolute atomic E-state index is 11.5. The summed E-state index contributed by atoms with van der Waals surface area (Å²) in [6.07, 6.45) is 1.70. The number of hydrogen-bond acceptors (Lipinski definition) is 2. The van der Waals surface area contributed by atoms with Gasteiger partial charge in [-0.05, 0) is 31.9 Å². The average Bonchev–Trinajstić information content (AvgIpc) is 2.25. The maximum atomic E-state index is 11.5. The Morgan fingerprint density at radius 2 is 1.93 bits per heavy atom. The second kappa shape index (κ2) is 6.46. The molecule has 1 rings (SSSR count). The predicted octanol–water partition coefficient (Wildman–Crippen LogP) is 3.17. The van der Waals surface area contributed by atoms with Crippen molar-refractivity contribution in [1.29, 1.82) is 0 Å². The Morgan fingerprint density at radius 1 is 1.27 bits per heavy atom. The molecule has 0 spiro atoms. The fourth-order valence-electron chi connectivity index (χ4n) is 1.13. The van der Waals surface area contributed by atoms with Crippen LogP contribution in [-0.2, 0) is 4.74 Å². The molecule has 0 amide bonds. The zero-order valence-corrected chi connectivity index (χ0v) is 9.59. The molecule has 3 heteroatoms. The van der Waals surface area contributed by atoms with Gasteiger partial charge in [-0.1, -0.05) is 17.7 Å². The number of benzene rings is 1. The maximum Gasteiger partial charge on any atom is 0.338 e. The number of halogens is 1. The van der Waals surface area contributed by atoms with Crippen LogP contribution >= 0.6 is 11.6 Å². The standard InChI is InChI=1S/C12H15ClO2/c1-10-4-6-11(7-5-10)12(14)15-9-3-2-8-13/h4-7H,2-3,8-9H2,1H3. The first kappa shape index (κ1) is 12.1. The molecule has 0 bridgehead atoms. The van der Waals surface area contributed by atoms with Crippen LogP contribution in [0.25, 0.3) is 0 Å². The third kappa shape index (κ3) is 4.34. The highest BCUT2D eigenvalue weighted by atomic mass is 35.5. The van der Waals surface area contributed by atoms with Gasteiger partial charge in [0, 0.05) is 5.88 Å². The molecule has 2 nitrogen and oxygen atoms in total. The summed E-state index contributed by atoms with van der Waals surface area (Å²) in [7, 11) is 0. The van der Waals surface area contributed by atoms with Gasteiger partial charge in [0.25, 0.3) is 0 Å². The van der Waals surface area contributed by atoms with Gasteiger partial charge in [-0.25, -0.2) is 4.79 Å². The molecule has 0 aromatic heterocycles. The van der Waals surface area contributed by atoms with Crippen LogP contribution in [0, 0.1) is 6.92 Å². The Hall–Kier alpha value is -1.02. The van der Waals surface area contributed by atoms with E-state index in [2.05, 4.69) is 0 Å². The SMILES string of the molecule is Cc1ccc(C(=O)OCCCCCl)cc1. The summed E-state index contributed by atoms with van der Waals surface area (Å²) in [5.74, 6) is 0.354. The van der Waals surface area contributed by atoms with Crippen molar-refractivity contribution in [3.05, 3.63) is 35.4 Å². The van der Waals surface area contributed by atoms with E-state index in [4.69, 9.17) is 16.3 Å². The summed E-state index contributed by atoms with van der Waals surface area (Å²) in [5.41, 5.74) is 1.74. The number of carbonyl (C=O) groups is 1. The van der Waals surface area contributed by atoms with Crippen LogP contribution in [-0.4, -0.2) is 18.5 Å². The minimum absolute atomic E-state index is 0.260. The smallest absolute Gasteiger partial charge is 0.338 e. The minimum atomic E-state index is -0.260. The van der Waals surface area contributed by atoms with E-state index in [0.29, 0.717) is 18.1 Å². The predicted molar refractivity (Wildman–Crippen MR) is 61.4 cm³/mol. The molecule has 0 aliphatic heterocycles. The van der Waals surface area contributed by atoms with Gasteiger partial charge in [0.05, 0.1) is 12.2 Å². The van der Waals surface area contributed by atoms with Crippen LogP contribution in [0.2, 0.25) is 0 Å². The number of ether oxygens (including phenoxy) is 1. The molecule has 82 valence electrons. The van der Waals surface area contributed by atoms with E-state index in [0.717, 1.165) is 18.4 Å². The molecule has 0 saturated heterocycles. The van der Waals surface area contributed by atoms with Gasteiger partial charge < -0.3 is 4.74 Å². The number of hydrogen-bond donors (Lipinski definition) is 0. The lowest BCUT2D eigenvalue weighted by atomic mass is 10.1. The Balaban J connectivity index is 2.37. The van der Waals surface area contributed by atoms with Crippen LogP contribution in [0.4, 0.5) is 0 Å². The number of rotatable bonds is 5. The third-order valence-electron chi connectivity index (χ3n) is 2.05. The first-order valence-corrected chi connectivity index (χ1v) is 5.57. The van der Waals surface area contributed by atoms with E-state index >= 15 is 0 Å². The highest BCUT2D eigenvalue weighted by molar-refractivity contribution is 6.17. The summed E-state index contributed by atoms with van der Waals surface area (Å²) in [5, 5.41) is 0. The van der Waals surface area contributed by atoms with Gasteiger partial charge in [0.15, 0.2) is 0 Å². The fraction of sp³-hybridized carbons (Fsp3) is 0.417. The van der Waals surface area contributed by atoms with Gasteiger partial charge in [-0.3, -0.25) is 0 Å². The van der Waals surface area contributed by atoms with Crippen molar-refractivity contribution in [1.82, 2.24) is 0 Å². The van der Waals surface area contributed by atoms with Gasteiger partial charge in [-0.15, -0.1) is 11.6 Å². The number of esters is 1. The zero-order chi connectivity index (χ0) is 11.1. The molecule has 0 heterocycles. The Morgan fingerprint density at radius 3 is 2.53 bits per heavy atom. The number of alkyl halides is 1. The number of carbonyl (C=O) groups excluding carboxylic acids is 1. The molecular weight excluding hydrogens is 212 g/mol. The summed E-state index contributed by atoms with van der Waals surface area (Å²) in [4.78, 5) is 11.5.